The molecule has 0 amide bonds. The lowest BCUT2D eigenvalue weighted by atomic mass is 10.2. The Morgan fingerprint density at radius 3 is 2.00 bits per heavy atom. The number of rotatable bonds is 4. The van der Waals surface area contributed by atoms with E-state index in [9.17, 15) is 13.2 Å². The summed E-state index contributed by atoms with van der Waals surface area (Å²) >= 11 is 0. The Bertz CT molecular complexity index is 120. The summed E-state index contributed by atoms with van der Waals surface area (Å²) < 4.78 is 40.8. The second-order valence-electron chi connectivity index (χ2n) is 3.17. The van der Waals surface area contributed by atoms with E-state index in [-0.39, 0.29) is 18.9 Å². The molecule has 0 aliphatic rings. The second-order valence-corrected chi connectivity index (χ2v) is 3.17. The molecule has 0 spiro atoms. The lowest BCUT2D eigenvalue weighted by molar-refractivity contribution is -0.223. The molecule has 0 bridgehead atoms. The van der Waals surface area contributed by atoms with Crippen LogP contribution < -0.4 is 0 Å². The number of ether oxygens (including phenoxy) is 1. The zero-order chi connectivity index (χ0) is 9.78. The Morgan fingerprint density at radius 2 is 1.75 bits per heavy atom. The van der Waals surface area contributed by atoms with Crippen molar-refractivity contribution in [1.82, 2.24) is 0 Å². The van der Waals surface area contributed by atoms with Gasteiger partial charge in [0.25, 0.3) is 0 Å². The summed E-state index contributed by atoms with van der Waals surface area (Å²) in [6, 6.07) is 0. The largest absolute Gasteiger partial charge is 0.414 e. The molecule has 12 heavy (non-hydrogen) atoms. The van der Waals surface area contributed by atoms with Gasteiger partial charge in [0.15, 0.2) is 6.10 Å². The van der Waals surface area contributed by atoms with Crippen LogP contribution in [0.25, 0.3) is 0 Å². The summed E-state index contributed by atoms with van der Waals surface area (Å²) in [6.07, 6.45) is -5.83. The lowest BCUT2D eigenvalue weighted by Gasteiger charge is -2.20. The van der Waals surface area contributed by atoms with Crippen LogP contribution in [0.3, 0.4) is 0 Å². The fourth-order valence-electron chi connectivity index (χ4n) is 0.752. The summed E-state index contributed by atoms with van der Waals surface area (Å²) in [5, 5.41) is 0. The van der Waals surface area contributed by atoms with Crippen LogP contribution >= 0.6 is 0 Å². The summed E-state index contributed by atoms with van der Waals surface area (Å²) in [7, 11) is 0. The predicted molar refractivity (Wildman–Crippen MR) is 40.9 cm³/mol. The quantitative estimate of drug-likeness (QED) is 0.652. The van der Waals surface area contributed by atoms with Crippen molar-refractivity contribution in [2.45, 2.75) is 39.5 Å². The minimum absolute atomic E-state index is 0.0176. The molecule has 0 aliphatic heterocycles. The zero-order valence-corrected chi connectivity index (χ0v) is 7.61. The summed E-state index contributed by atoms with van der Waals surface area (Å²) in [4.78, 5) is 0. The lowest BCUT2D eigenvalue weighted by Crippen LogP contribution is -2.32. The molecule has 0 radical (unpaired) electrons. The topological polar surface area (TPSA) is 9.23 Å². The van der Waals surface area contributed by atoms with Gasteiger partial charge in [0.05, 0.1) is 0 Å². The van der Waals surface area contributed by atoms with Crippen LogP contribution in [0.5, 0.6) is 0 Å². The Labute approximate surface area is 70.9 Å². The van der Waals surface area contributed by atoms with Gasteiger partial charge in [-0.1, -0.05) is 20.8 Å². The maximum absolute atomic E-state index is 12.0. The van der Waals surface area contributed by atoms with Gasteiger partial charge in [-0.3, -0.25) is 0 Å². The first-order valence-electron chi connectivity index (χ1n) is 4.06. The Balaban J connectivity index is 3.84. The van der Waals surface area contributed by atoms with Crippen LogP contribution in [0.4, 0.5) is 13.2 Å². The first-order valence-corrected chi connectivity index (χ1v) is 4.06. The minimum Gasteiger partial charge on any atom is -0.369 e. The summed E-state index contributed by atoms with van der Waals surface area (Å²) in [5.41, 5.74) is 0. The van der Waals surface area contributed by atoms with Crippen LogP contribution in [-0.2, 0) is 4.74 Å². The van der Waals surface area contributed by atoms with Crippen LogP contribution in [0.15, 0.2) is 0 Å². The normalized spacial score (nSPS) is 15.2. The first kappa shape index (κ1) is 11.8. The van der Waals surface area contributed by atoms with E-state index in [2.05, 4.69) is 0 Å². The molecule has 0 saturated heterocycles. The highest BCUT2D eigenvalue weighted by atomic mass is 19.4. The molecule has 0 heterocycles. The highest BCUT2D eigenvalue weighted by Crippen LogP contribution is 2.25. The van der Waals surface area contributed by atoms with E-state index in [1.165, 1.54) is 6.92 Å². The molecule has 0 aliphatic carbocycles. The standard InChI is InChI=1S/C8H15F3O/c1-4-7(8(9,10)11)12-5-6(2)3/h6-7H,4-5H2,1-3H3. The first-order chi connectivity index (χ1) is 5.38. The zero-order valence-electron chi connectivity index (χ0n) is 7.61. The van der Waals surface area contributed by atoms with E-state index in [0.717, 1.165) is 0 Å². The van der Waals surface area contributed by atoms with E-state index in [1.807, 2.05) is 13.8 Å². The van der Waals surface area contributed by atoms with Gasteiger partial charge in [0.2, 0.25) is 0 Å². The fraction of sp³-hybridized carbons (Fsp3) is 1.00. The van der Waals surface area contributed by atoms with Crippen LogP contribution in [0.2, 0.25) is 0 Å². The maximum atomic E-state index is 12.0. The van der Waals surface area contributed by atoms with Crippen LogP contribution in [0.1, 0.15) is 27.2 Å². The third-order valence-electron chi connectivity index (χ3n) is 1.37. The smallest absolute Gasteiger partial charge is 0.369 e. The number of hydrogen-bond donors (Lipinski definition) is 0. The molecule has 0 rings (SSSR count). The van der Waals surface area contributed by atoms with E-state index in [0.29, 0.717) is 0 Å². The molecule has 1 atom stereocenters. The van der Waals surface area contributed by atoms with E-state index >= 15 is 0 Å². The molecule has 0 aromatic carbocycles. The third-order valence-corrected chi connectivity index (χ3v) is 1.37. The molecule has 74 valence electrons. The monoisotopic (exact) mass is 184 g/mol. The van der Waals surface area contributed by atoms with Crippen molar-refractivity contribution in [3.05, 3.63) is 0 Å². The second kappa shape index (κ2) is 4.70. The van der Waals surface area contributed by atoms with Crippen molar-refractivity contribution >= 4 is 0 Å². The van der Waals surface area contributed by atoms with Crippen molar-refractivity contribution in [3.8, 4) is 0 Å². The number of hydrogen-bond acceptors (Lipinski definition) is 1. The van der Waals surface area contributed by atoms with Gasteiger partial charge in [-0.25, -0.2) is 0 Å². The molecule has 0 fully saturated rings. The average molecular weight is 184 g/mol. The third kappa shape index (κ3) is 4.59. The Kier molecular flexibility index (Phi) is 4.60. The fourth-order valence-corrected chi connectivity index (χ4v) is 0.752. The van der Waals surface area contributed by atoms with Gasteiger partial charge >= 0.3 is 6.18 Å². The summed E-state index contributed by atoms with van der Waals surface area (Å²) in [6.45, 7) is 5.28. The molecule has 4 heteroatoms. The van der Waals surface area contributed by atoms with E-state index in [1.54, 1.807) is 0 Å². The maximum Gasteiger partial charge on any atom is 0.414 e. The van der Waals surface area contributed by atoms with Gasteiger partial charge in [-0.05, 0) is 12.3 Å². The molecule has 1 unspecified atom stereocenters. The molecule has 1 nitrogen and oxygen atoms in total. The number of alkyl halides is 3. The van der Waals surface area contributed by atoms with Crippen molar-refractivity contribution < 1.29 is 17.9 Å². The molecule has 0 aromatic heterocycles. The van der Waals surface area contributed by atoms with Crippen molar-refractivity contribution in [1.29, 1.82) is 0 Å². The summed E-state index contributed by atoms with van der Waals surface area (Å²) in [5.74, 6) is 0.140. The molecular weight excluding hydrogens is 169 g/mol. The molecule has 0 N–H and O–H groups in total. The minimum atomic E-state index is -4.22. The van der Waals surface area contributed by atoms with Crippen molar-refractivity contribution in [3.63, 3.8) is 0 Å². The average Bonchev–Trinajstić information content (AvgIpc) is 1.85. The highest BCUT2D eigenvalue weighted by Gasteiger charge is 2.39. The van der Waals surface area contributed by atoms with Gasteiger partial charge in [0, 0.05) is 6.61 Å². The van der Waals surface area contributed by atoms with Crippen molar-refractivity contribution in [2.24, 2.45) is 5.92 Å². The highest BCUT2D eigenvalue weighted by molar-refractivity contribution is 4.65. The Morgan fingerprint density at radius 1 is 1.25 bits per heavy atom. The van der Waals surface area contributed by atoms with Crippen LogP contribution in [0, 0.1) is 5.92 Å². The van der Waals surface area contributed by atoms with Crippen molar-refractivity contribution in [2.75, 3.05) is 6.61 Å². The molecule has 0 saturated carbocycles. The van der Waals surface area contributed by atoms with Gasteiger partial charge in [0.1, 0.15) is 0 Å². The molecular formula is C8H15F3O. The Hall–Kier alpha value is -0.250. The SMILES string of the molecule is CCC(OCC(C)C)C(F)(F)F. The predicted octanol–water partition coefficient (Wildman–Crippen LogP) is 3.00. The number of halogens is 3. The van der Waals surface area contributed by atoms with Crippen LogP contribution in [-0.4, -0.2) is 18.9 Å². The van der Waals surface area contributed by atoms with E-state index < -0.39 is 12.3 Å². The van der Waals surface area contributed by atoms with Gasteiger partial charge < -0.3 is 4.74 Å². The molecule has 0 aromatic rings. The van der Waals surface area contributed by atoms with E-state index in [4.69, 9.17) is 4.74 Å². The van der Waals surface area contributed by atoms with Gasteiger partial charge in [-0.15, -0.1) is 0 Å². The van der Waals surface area contributed by atoms with Gasteiger partial charge in [-0.2, -0.15) is 13.2 Å².